The highest BCUT2D eigenvalue weighted by Gasteiger charge is 2.07. The number of rotatable bonds is 2. The van der Waals surface area contributed by atoms with Crippen molar-refractivity contribution >= 4 is 39.6 Å². The maximum atomic E-state index is 5.87. The Morgan fingerprint density at radius 3 is 2.95 bits per heavy atom. The van der Waals surface area contributed by atoms with Crippen molar-refractivity contribution in [3.8, 4) is 0 Å². The van der Waals surface area contributed by atoms with Crippen LogP contribution in [0.1, 0.15) is 0 Å². The van der Waals surface area contributed by atoms with Gasteiger partial charge in [0.1, 0.15) is 12.0 Å². The minimum absolute atomic E-state index is 0.236. The van der Waals surface area contributed by atoms with Crippen LogP contribution in [0.25, 0.3) is 10.8 Å². The summed E-state index contributed by atoms with van der Waals surface area (Å²) in [6.45, 7) is 0. The van der Waals surface area contributed by atoms with E-state index in [4.69, 9.17) is 17.3 Å². The summed E-state index contributed by atoms with van der Waals surface area (Å²) in [5.41, 5.74) is 7.06. The summed E-state index contributed by atoms with van der Waals surface area (Å²) in [6, 6.07) is 7.80. The lowest BCUT2D eigenvalue weighted by Crippen LogP contribution is -2.01. The molecule has 1 aromatic carbocycles. The highest BCUT2D eigenvalue weighted by Crippen LogP contribution is 2.29. The Morgan fingerprint density at radius 1 is 1.16 bits per heavy atom. The summed E-state index contributed by atoms with van der Waals surface area (Å²) in [5.74, 6) is 0.490. The summed E-state index contributed by atoms with van der Waals surface area (Å²) >= 11 is 5.87. The van der Waals surface area contributed by atoms with Gasteiger partial charge < -0.3 is 11.1 Å². The number of halogens is 1. The lowest BCUT2D eigenvalue weighted by atomic mass is 10.1. The molecule has 0 aliphatic heterocycles. The monoisotopic (exact) mass is 271 g/mol. The van der Waals surface area contributed by atoms with E-state index in [-0.39, 0.29) is 5.15 Å². The normalized spacial score (nSPS) is 10.6. The predicted octanol–water partition coefficient (Wildman–Crippen LogP) is 3.00. The summed E-state index contributed by atoms with van der Waals surface area (Å²) in [4.78, 5) is 12.0. The molecular formula is C13H10ClN5. The molecule has 0 amide bonds. The average Bonchev–Trinajstić information content (AvgIpc) is 2.44. The van der Waals surface area contributed by atoms with Crippen molar-refractivity contribution in [1.29, 1.82) is 0 Å². The minimum atomic E-state index is 0.236. The van der Waals surface area contributed by atoms with Gasteiger partial charge in [0, 0.05) is 28.9 Å². The van der Waals surface area contributed by atoms with Crippen LogP contribution >= 0.6 is 11.6 Å². The van der Waals surface area contributed by atoms with E-state index in [0.717, 1.165) is 16.5 Å². The maximum absolute atomic E-state index is 5.87. The zero-order valence-electron chi connectivity index (χ0n) is 9.84. The van der Waals surface area contributed by atoms with Crippen LogP contribution in [-0.2, 0) is 0 Å². The van der Waals surface area contributed by atoms with E-state index in [0.29, 0.717) is 11.5 Å². The third kappa shape index (κ3) is 2.15. The number of aromatic nitrogens is 3. The summed E-state index contributed by atoms with van der Waals surface area (Å²) in [5, 5.41) is 5.47. The fourth-order valence-corrected chi connectivity index (χ4v) is 1.97. The molecule has 2 aromatic heterocycles. The van der Waals surface area contributed by atoms with Crippen molar-refractivity contribution in [2.45, 2.75) is 0 Å². The van der Waals surface area contributed by atoms with Crippen molar-refractivity contribution in [3.63, 3.8) is 0 Å². The number of anilines is 3. The number of hydrogen-bond acceptors (Lipinski definition) is 5. The molecular weight excluding hydrogens is 262 g/mol. The minimum Gasteiger partial charge on any atom is -0.393 e. The molecule has 0 spiro atoms. The molecule has 3 rings (SSSR count). The lowest BCUT2D eigenvalue weighted by Gasteiger charge is -2.10. The Bertz CT molecular complexity index is 739. The molecule has 0 fully saturated rings. The van der Waals surface area contributed by atoms with E-state index in [1.807, 2.05) is 24.3 Å². The smallest absolute Gasteiger partial charge is 0.158 e. The molecule has 3 aromatic rings. The highest BCUT2D eigenvalue weighted by atomic mass is 35.5. The van der Waals surface area contributed by atoms with Crippen LogP contribution in [0.3, 0.4) is 0 Å². The van der Waals surface area contributed by atoms with Crippen LogP contribution in [0, 0.1) is 0 Å². The van der Waals surface area contributed by atoms with E-state index in [1.54, 1.807) is 12.4 Å². The van der Waals surface area contributed by atoms with Gasteiger partial charge in [-0.05, 0) is 12.1 Å². The zero-order valence-corrected chi connectivity index (χ0v) is 10.6. The average molecular weight is 272 g/mol. The number of benzene rings is 1. The quantitative estimate of drug-likeness (QED) is 0.701. The number of nitrogens with zero attached hydrogens (tertiary/aromatic N) is 3. The van der Waals surface area contributed by atoms with E-state index in [9.17, 15) is 0 Å². The van der Waals surface area contributed by atoms with Gasteiger partial charge in [0.2, 0.25) is 0 Å². The molecule has 94 valence electrons. The van der Waals surface area contributed by atoms with Crippen molar-refractivity contribution in [2.75, 3.05) is 11.1 Å². The molecule has 5 nitrogen and oxygen atoms in total. The van der Waals surface area contributed by atoms with Crippen LogP contribution in [0.5, 0.6) is 0 Å². The summed E-state index contributed by atoms with van der Waals surface area (Å²) in [6.07, 6.45) is 4.91. The van der Waals surface area contributed by atoms with Gasteiger partial charge in [-0.2, -0.15) is 0 Å². The number of nitrogen functional groups attached to an aromatic ring is 1. The second-order valence-corrected chi connectivity index (χ2v) is 4.31. The van der Waals surface area contributed by atoms with Crippen LogP contribution in [0.15, 0.2) is 43.0 Å². The number of nitrogens with two attached hydrogens (primary N) is 1. The zero-order chi connectivity index (χ0) is 13.2. The van der Waals surface area contributed by atoms with Gasteiger partial charge in [-0.1, -0.05) is 23.7 Å². The molecule has 0 aliphatic rings. The second kappa shape index (κ2) is 4.70. The first-order chi connectivity index (χ1) is 9.25. The summed E-state index contributed by atoms with van der Waals surface area (Å²) < 4.78 is 0. The Labute approximate surface area is 114 Å². The SMILES string of the molecule is Nc1c(Cl)ncnc1Nc1cccc2cnccc12. The molecule has 0 unspecified atom stereocenters. The molecule has 0 atom stereocenters. The van der Waals surface area contributed by atoms with Crippen molar-refractivity contribution in [1.82, 2.24) is 15.0 Å². The van der Waals surface area contributed by atoms with Gasteiger partial charge in [0.15, 0.2) is 11.0 Å². The van der Waals surface area contributed by atoms with Gasteiger partial charge in [0.05, 0.1) is 0 Å². The molecule has 0 saturated carbocycles. The Hall–Kier alpha value is -2.40. The molecule has 0 bridgehead atoms. The highest BCUT2D eigenvalue weighted by molar-refractivity contribution is 6.32. The third-order valence-electron chi connectivity index (χ3n) is 2.77. The molecule has 2 heterocycles. The standard InChI is InChI=1S/C13H10ClN5/c14-12-11(15)13(18-7-17-12)19-10-3-1-2-8-6-16-5-4-9(8)10/h1-7H,15H2,(H,17,18,19). The number of nitrogens with one attached hydrogen (secondary N) is 1. The van der Waals surface area contributed by atoms with Crippen LogP contribution in [0.2, 0.25) is 5.15 Å². The number of fused-ring (bicyclic) bond motifs is 1. The largest absolute Gasteiger partial charge is 0.393 e. The van der Waals surface area contributed by atoms with E-state index < -0.39 is 0 Å². The molecule has 0 radical (unpaired) electrons. The van der Waals surface area contributed by atoms with Gasteiger partial charge >= 0.3 is 0 Å². The van der Waals surface area contributed by atoms with Crippen molar-refractivity contribution in [3.05, 3.63) is 48.1 Å². The maximum Gasteiger partial charge on any atom is 0.158 e. The Balaban J connectivity index is 2.09. The molecule has 6 heteroatoms. The van der Waals surface area contributed by atoms with Gasteiger partial charge in [-0.3, -0.25) is 4.98 Å². The van der Waals surface area contributed by atoms with Crippen LogP contribution in [-0.4, -0.2) is 15.0 Å². The lowest BCUT2D eigenvalue weighted by molar-refractivity contribution is 1.17. The molecule has 0 saturated heterocycles. The predicted molar refractivity (Wildman–Crippen MR) is 76.5 cm³/mol. The van der Waals surface area contributed by atoms with E-state index in [2.05, 4.69) is 20.3 Å². The topological polar surface area (TPSA) is 76.7 Å². The first-order valence-electron chi connectivity index (χ1n) is 5.61. The van der Waals surface area contributed by atoms with Crippen LogP contribution in [0.4, 0.5) is 17.2 Å². The fourth-order valence-electron chi connectivity index (χ4n) is 1.83. The first kappa shape index (κ1) is 11.7. The summed E-state index contributed by atoms with van der Waals surface area (Å²) in [7, 11) is 0. The van der Waals surface area contributed by atoms with E-state index >= 15 is 0 Å². The van der Waals surface area contributed by atoms with Crippen molar-refractivity contribution in [2.24, 2.45) is 0 Å². The Kier molecular flexibility index (Phi) is 2.89. The second-order valence-electron chi connectivity index (χ2n) is 3.95. The van der Waals surface area contributed by atoms with Gasteiger partial charge in [0.25, 0.3) is 0 Å². The van der Waals surface area contributed by atoms with Gasteiger partial charge in [-0.25, -0.2) is 9.97 Å². The fraction of sp³-hybridized carbons (Fsp3) is 0. The number of hydrogen-bond donors (Lipinski definition) is 2. The molecule has 0 aliphatic carbocycles. The van der Waals surface area contributed by atoms with Crippen molar-refractivity contribution < 1.29 is 0 Å². The number of pyridine rings is 1. The van der Waals surface area contributed by atoms with E-state index in [1.165, 1.54) is 6.33 Å². The Morgan fingerprint density at radius 2 is 2.05 bits per heavy atom. The molecule has 19 heavy (non-hydrogen) atoms. The molecule has 3 N–H and O–H groups in total. The van der Waals surface area contributed by atoms with Gasteiger partial charge in [-0.15, -0.1) is 0 Å². The van der Waals surface area contributed by atoms with Crippen LogP contribution < -0.4 is 11.1 Å². The first-order valence-corrected chi connectivity index (χ1v) is 5.99. The third-order valence-corrected chi connectivity index (χ3v) is 3.07.